The fourth-order valence-corrected chi connectivity index (χ4v) is 2.17. The summed E-state index contributed by atoms with van der Waals surface area (Å²) in [6.07, 6.45) is -6.98. The second kappa shape index (κ2) is 7.49. The van der Waals surface area contributed by atoms with E-state index < -0.39 is 48.4 Å². The van der Waals surface area contributed by atoms with E-state index in [4.69, 9.17) is 19.7 Å². The molecule has 1 aliphatic heterocycles. The van der Waals surface area contributed by atoms with Crippen LogP contribution in [0.15, 0.2) is 24.3 Å². The summed E-state index contributed by atoms with van der Waals surface area (Å²) < 4.78 is 10.1. The van der Waals surface area contributed by atoms with Crippen molar-refractivity contribution in [3.8, 4) is 11.5 Å². The van der Waals surface area contributed by atoms with Crippen LogP contribution in [0, 0.1) is 0 Å². The van der Waals surface area contributed by atoms with Crippen LogP contribution >= 0.6 is 0 Å². The molecule has 0 bridgehead atoms. The van der Waals surface area contributed by atoms with E-state index in [1.807, 2.05) is 0 Å². The van der Waals surface area contributed by atoms with E-state index in [0.717, 1.165) is 6.08 Å². The summed E-state index contributed by atoms with van der Waals surface area (Å²) in [5, 5.41) is 56.6. The molecule has 0 aliphatic carbocycles. The Kier molecular flexibility index (Phi) is 5.59. The highest BCUT2D eigenvalue weighted by Gasteiger charge is 2.48. The quantitative estimate of drug-likeness (QED) is 0.350. The van der Waals surface area contributed by atoms with Crippen LogP contribution in [-0.4, -0.2) is 73.3 Å². The Labute approximate surface area is 140 Å². The molecular formula is C15H16O10. The van der Waals surface area contributed by atoms with Gasteiger partial charge in [0.1, 0.15) is 18.3 Å². The van der Waals surface area contributed by atoms with Crippen molar-refractivity contribution in [3.63, 3.8) is 0 Å². The van der Waals surface area contributed by atoms with Gasteiger partial charge in [0.2, 0.25) is 6.29 Å². The molecule has 1 aromatic rings. The van der Waals surface area contributed by atoms with E-state index >= 15 is 0 Å². The van der Waals surface area contributed by atoms with Gasteiger partial charge in [-0.2, -0.15) is 0 Å². The molecule has 10 nitrogen and oxygen atoms in total. The monoisotopic (exact) mass is 356 g/mol. The van der Waals surface area contributed by atoms with Crippen molar-refractivity contribution in [1.82, 2.24) is 0 Å². The second-order valence-electron chi connectivity index (χ2n) is 5.25. The Morgan fingerprint density at radius 3 is 2.36 bits per heavy atom. The van der Waals surface area contributed by atoms with Crippen molar-refractivity contribution >= 4 is 18.0 Å². The van der Waals surface area contributed by atoms with Gasteiger partial charge in [0.05, 0.1) is 0 Å². The van der Waals surface area contributed by atoms with Crippen LogP contribution in [0.25, 0.3) is 6.08 Å². The highest BCUT2D eigenvalue weighted by Crippen LogP contribution is 2.31. The fraction of sp³-hybridized carbons (Fsp3) is 0.333. The summed E-state index contributed by atoms with van der Waals surface area (Å²) in [6.45, 7) is 0. The molecule has 1 saturated heterocycles. The van der Waals surface area contributed by atoms with E-state index in [9.17, 15) is 30.0 Å². The van der Waals surface area contributed by atoms with E-state index in [1.54, 1.807) is 0 Å². The molecule has 0 aromatic heterocycles. The summed E-state index contributed by atoms with van der Waals surface area (Å²) in [4.78, 5) is 21.6. The van der Waals surface area contributed by atoms with Crippen LogP contribution in [0.5, 0.6) is 11.5 Å². The molecule has 0 radical (unpaired) electrons. The Bertz CT molecular complexity index is 685. The number of aliphatic hydroxyl groups excluding tert-OH is 3. The number of ether oxygens (including phenoxy) is 2. The first-order valence-corrected chi connectivity index (χ1v) is 7.04. The highest BCUT2D eigenvalue weighted by atomic mass is 16.7. The standard InChI is InChI=1S/C15H16O10/c16-7-3-1-6(2-4-9(17)18)5-8(7)24-15-12(21)10(19)11(20)13(25-15)14(22)23/h1-5,10-13,15-16,19-21H,(H,17,18)(H,22,23)/b4-2+/t10-,11-,12+,13-,15+/m1/s1. The molecule has 1 aromatic carbocycles. The number of phenols is 1. The number of rotatable bonds is 5. The van der Waals surface area contributed by atoms with Crippen LogP contribution in [0.4, 0.5) is 0 Å². The molecule has 2 rings (SSSR count). The molecule has 6 N–H and O–H groups in total. The second-order valence-corrected chi connectivity index (χ2v) is 5.25. The first kappa shape index (κ1) is 18.7. The van der Waals surface area contributed by atoms with Gasteiger partial charge in [-0.1, -0.05) is 6.07 Å². The third kappa shape index (κ3) is 4.25. The van der Waals surface area contributed by atoms with Gasteiger partial charge in [0.15, 0.2) is 17.6 Å². The lowest BCUT2D eigenvalue weighted by molar-refractivity contribution is -0.271. The van der Waals surface area contributed by atoms with Gasteiger partial charge in [-0.3, -0.25) is 0 Å². The van der Waals surface area contributed by atoms with Crippen molar-refractivity contribution < 1.29 is 49.7 Å². The number of carbonyl (C=O) groups is 2. The number of benzene rings is 1. The minimum atomic E-state index is -1.87. The summed E-state index contributed by atoms with van der Waals surface area (Å²) in [5.74, 6) is -3.41. The van der Waals surface area contributed by atoms with Crippen LogP contribution in [-0.2, 0) is 14.3 Å². The zero-order chi connectivity index (χ0) is 18.7. The molecule has 1 aliphatic rings. The van der Waals surface area contributed by atoms with Gasteiger partial charge in [-0.05, 0) is 23.8 Å². The predicted molar refractivity (Wildman–Crippen MR) is 79.7 cm³/mol. The van der Waals surface area contributed by atoms with Crippen molar-refractivity contribution in [1.29, 1.82) is 0 Å². The van der Waals surface area contributed by atoms with Crippen LogP contribution in [0.1, 0.15) is 5.56 Å². The number of carboxylic acids is 2. The number of phenolic OH excluding ortho intramolecular Hbond substituents is 1. The van der Waals surface area contributed by atoms with Crippen LogP contribution in [0.3, 0.4) is 0 Å². The topological polar surface area (TPSA) is 174 Å². The Hall–Kier alpha value is -2.66. The Morgan fingerprint density at radius 1 is 1.08 bits per heavy atom. The molecule has 0 spiro atoms. The lowest BCUT2D eigenvalue weighted by atomic mass is 9.99. The maximum Gasteiger partial charge on any atom is 0.335 e. The molecule has 136 valence electrons. The van der Waals surface area contributed by atoms with E-state index in [1.165, 1.54) is 24.3 Å². The summed E-state index contributed by atoms with van der Waals surface area (Å²) in [7, 11) is 0. The highest BCUT2D eigenvalue weighted by molar-refractivity contribution is 5.85. The SMILES string of the molecule is O=C(O)/C=C/c1ccc(O)c(O[C@H]2O[C@@H](C(=O)O)[C@H](O)[C@@H](O)[C@@H]2O)c1. The van der Waals surface area contributed by atoms with Gasteiger partial charge in [-0.15, -0.1) is 0 Å². The summed E-state index contributed by atoms with van der Waals surface area (Å²) >= 11 is 0. The molecule has 25 heavy (non-hydrogen) atoms. The van der Waals surface area contributed by atoms with Crippen LogP contribution in [0.2, 0.25) is 0 Å². The maximum atomic E-state index is 11.0. The van der Waals surface area contributed by atoms with Crippen molar-refractivity contribution in [2.75, 3.05) is 0 Å². The molecule has 5 atom stereocenters. The summed E-state index contributed by atoms with van der Waals surface area (Å²) in [5.41, 5.74) is 0.330. The molecule has 10 heteroatoms. The van der Waals surface area contributed by atoms with E-state index in [2.05, 4.69) is 0 Å². The lowest BCUT2D eigenvalue weighted by Gasteiger charge is -2.38. The molecule has 1 heterocycles. The molecular weight excluding hydrogens is 340 g/mol. The smallest absolute Gasteiger partial charge is 0.335 e. The van der Waals surface area contributed by atoms with E-state index in [-0.39, 0.29) is 5.75 Å². The first-order chi connectivity index (χ1) is 11.7. The third-order valence-corrected chi connectivity index (χ3v) is 3.46. The predicted octanol–water partition coefficient (Wildman–Crippen LogP) is -1.24. The van der Waals surface area contributed by atoms with Gasteiger partial charge in [0, 0.05) is 6.08 Å². The number of aliphatic hydroxyl groups is 3. The zero-order valence-electron chi connectivity index (χ0n) is 12.6. The minimum absolute atomic E-state index is 0.246. The number of aromatic hydroxyl groups is 1. The Morgan fingerprint density at radius 2 is 1.76 bits per heavy atom. The zero-order valence-corrected chi connectivity index (χ0v) is 12.6. The minimum Gasteiger partial charge on any atom is -0.504 e. The number of carboxylic acid groups (broad SMARTS) is 2. The van der Waals surface area contributed by atoms with E-state index in [0.29, 0.717) is 5.56 Å². The number of hydrogen-bond acceptors (Lipinski definition) is 8. The van der Waals surface area contributed by atoms with Gasteiger partial charge in [-0.25, -0.2) is 9.59 Å². The third-order valence-electron chi connectivity index (χ3n) is 3.46. The first-order valence-electron chi connectivity index (χ1n) is 7.04. The maximum absolute atomic E-state index is 11.0. The van der Waals surface area contributed by atoms with Crippen molar-refractivity contribution in [3.05, 3.63) is 29.8 Å². The van der Waals surface area contributed by atoms with Gasteiger partial charge >= 0.3 is 11.9 Å². The fourth-order valence-electron chi connectivity index (χ4n) is 2.17. The van der Waals surface area contributed by atoms with Crippen molar-refractivity contribution in [2.24, 2.45) is 0 Å². The van der Waals surface area contributed by atoms with Crippen molar-refractivity contribution in [2.45, 2.75) is 30.7 Å². The molecule has 0 saturated carbocycles. The molecule has 0 amide bonds. The average molecular weight is 356 g/mol. The Balaban J connectivity index is 2.23. The number of aliphatic carboxylic acids is 2. The molecule has 0 unspecified atom stereocenters. The number of hydrogen-bond donors (Lipinski definition) is 6. The normalized spacial score (nSPS) is 29.5. The van der Waals surface area contributed by atoms with Gasteiger partial charge in [0.25, 0.3) is 0 Å². The lowest BCUT2D eigenvalue weighted by Crippen LogP contribution is -2.61. The summed E-state index contributed by atoms with van der Waals surface area (Å²) in [6, 6.07) is 3.79. The largest absolute Gasteiger partial charge is 0.504 e. The average Bonchev–Trinajstić information content (AvgIpc) is 2.55. The molecule has 1 fully saturated rings. The van der Waals surface area contributed by atoms with Gasteiger partial charge < -0.3 is 40.1 Å². The van der Waals surface area contributed by atoms with Crippen LogP contribution < -0.4 is 4.74 Å².